The zero-order chi connectivity index (χ0) is 15.1. The van der Waals surface area contributed by atoms with Gasteiger partial charge in [-0.15, -0.1) is 0 Å². The predicted molar refractivity (Wildman–Crippen MR) is 85.8 cm³/mol. The summed E-state index contributed by atoms with van der Waals surface area (Å²) in [4.78, 5) is 14.2. The van der Waals surface area contributed by atoms with Crippen LogP contribution in [0.4, 0.5) is 11.4 Å². The first-order valence-electron chi connectivity index (χ1n) is 7.07. The van der Waals surface area contributed by atoms with E-state index in [1.807, 2.05) is 49.4 Å². The van der Waals surface area contributed by atoms with Crippen molar-refractivity contribution < 1.29 is 9.90 Å². The summed E-state index contributed by atoms with van der Waals surface area (Å²) in [6, 6.07) is 16.8. The molecule has 0 aromatic heterocycles. The van der Waals surface area contributed by atoms with Gasteiger partial charge in [0.05, 0.1) is 6.61 Å². The lowest BCUT2D eigenvalue weighted by atomic mass is 10.2. The predicted octanol–water partition coefficient (Wildman–Crippen LogP) is 2.76. The number of hydrogen-bond acceptors (Lipinski definition) is 3. The van der Waals surface area contributed by atoms with Crippen molar-refractivity contribution in [3.63, 3.8) is 0 Å². The number of likely N-dealkylation sites (N-methyl/N-ethyl adjacent to an activating group) is 1. The van der Waals surface area contributed by atoms with E-state index in [9.17, 15) is 4.79 Å². The zero-order valence-corrected chi connectivity index (χ0v) is 12.1. The van der Waals surface area contributed by atoms with Crippen molar-refractivity contribution in [3.05, 3.63) is 60.2 Å². The summed E-state index contributed by atoms with van der Waals surface area (Å²) in [5.74, 6) is -0.127. The van der Waals surface area contributed by atoms with Gasteiger partial charge in [0.1, 0.15) is 0 Å². The Hall–Kier alpha value is -2.33. The minimum absolute atomic E-state index is 0.106. The van der Waals surface area contributed by atoms with Gasteiger partial charge in [-0.1, -0.05) is 24.3 Å². The fourth-order valence-corrected chi connectivity index (χ4v) is 2.16. The smallest absolute Gasteiger partial charge is 0.255 e. The lowest BCUT2D eigenvalue weighted by Crippen LogP contribution is -2.26. The van der Waals surface area contributed by atoms with Crippen LogP contribution in [0.2, 0.25) is 0 Å². The van der Waals surface area contributed by atoms with Crippen LogP contribution in [0.1, 0.15) is 17.3 Å². The number of anilines is 2. The maximum Gasteiger partial charge on any atom is 0.255 e. The second-order valence-electron chi connectivity index (χ2n) is 4.67. The molecule has 0 saturated heterocycles. The molecule has 2 N–H and O–H groups in total. The highest BCUT2D eigenvalue weighted by atomic mass is 16.3. The maximum absolute atomic E-state index is 12.1. The zero-order valence-electron chi connectivity index (χ0n) is 12.1. The van der Waals surface area contributed by atoms with Gasteiger partial charge in [-0.05, 0) is 37.3 Å². The molecule has 4 heteroatoms. The molecule has 0 radical (unpaired) electrons. The first-order chi connectivity index (χ1) is 10.2. The first kappa shape index (κ1) is 15.1. The fraction of sp³-hybridized carbons (Fsp3) is 0.235. The van der Waals surface area contributed by atoms with Crippen molar-refractivity contribution in [2.45, 2.75) is 6.92 Å². The highest BCUT2D eigenvalue weighted by molar-refractivity contribution is 6.04. The molecule has 0 heterocycles. The van der Waals surface area contributed by atoms with E-state index in [1.54, 1.807) is 12.1 Å². The van der Waals surface area contributed by atoms with Crippen molar-refractivity contribution in [3.8, 4) is 0 Å². The Morgan fingerprint density at radius 2 is 1.90 bits per heavy atom. The third-order valence-corrected chi connectivity index (χ3v) is 3.26. The van der Waals surface area contributed by atoms with Crippen LogP contribution in [0.15, 0.2) is 54.6 Å². The highest BCUT2D eigenvalue weighted by Gasteiger charge is 2.07. The van der Waals surface area contributed by atoms with Crippen molar-refractivity contribution in [2.75, 3.05) is 29.9 Å². The van der Waals surface area contributed by atoms with Gasteiger partial charge in [0.2, 0.25) is 0 Å². The van der Waals surface area contributed by atoms with Crippen molar-refractivity contribution in [1.29, 1.82) is 0 Å². The van der Waals surface area contributed by atoms with E-state index < -0.39 is 0 Å². The largest absolute Gasteiger partial charge is 0.395 e. The minimum Gasteiger partial charge on any atom is -0.395 e. The average Bonchev–Trinajstić information content (AvgIpc) is 2.53. The quantitative estimate of drug-likeness (QED) is 0.857. The molecule has 0 aliphatic heterocycles. The third-order valence-electron chi connectivity index (χ3n) is 3.26. The van der Waals surface area contributed by atoms with Gasteiger partial charge >= 0.3 is 0 Å². The van der Waals surface area contributed by atoms with Crippen LogP contribution in [-0.4, -0.2) is 30.7 Å². The van der Waals surface area contributed by atoms with Gasteiger partial charge in [0, 0.05) is 30.0 Å². The molecule has 110 valence electrons. The number of carbonyl (C=O) groups excluding carboxylic acids is 1. The second-order valence-corrected chi connectivity index (χ2v) is 4.67. The topological polar surface area (TPSA) is 52.6 Å². The first-order valence-corrected chi connectivity index (χ1v) is 7.07. The van der Waals surface area contributed by atoms with Crippen molar-refractivity contribution in [2.24, 2.45) is 0 Å². The van der Waals surface area contributed by atoms with Crippen molar-refractivity contribution >= 4 is 17.3 Å². The number of aliphatic hydroxyl groups is 1. The van der Waals surface area contributed by atoms with Gasteiger partial charge in [0.25, 0.3) is 5.91 Å². The van der Waals surface area contributed by atoms with E-state index in [1.165, 1.54) is 0 Å². The van der Waals surface area contributed by atoms with E-state index in [4.69, 9.17) is 5.11 Å². The number of amides is 1. The molecule has 2 rings (SSSR count). The van der Waals surface area contributed by atoms with E-state index in [-0.39, 0.29) is 12.5 Å². The molecule has 0 atom stereocenters. The number of aliphatic hydroxyl groups excluding tert-OH is 1. The summed E-state index contributed by atoms with van der Waals surface area (Å²) >= 11 is 0. The standard InChI is InChI=1S/C17H20N2O2/c1-2-19(11-12-20)16-10-6-9-15(13-16)18-17(21)14-7-4-3-5-8-14/h3-10,13,20H,2,11-12H2,1H3,(H,18,21). The molecule has 0 aliphatic rings. The Labute approximate surface area is 125 Å². The molecule has 1 amide bonds. The molecular formula is C17H20N2O2. The summed E-state index contributed by atoms with van der Waals surface area (Å²) in [5, 5.41) is 12.0. The average molecular weight is 284 g/mol. The van der Waals surface area contributed by atoms with E-state index >= 15 is 0 Å². The highest BCUT2D eigenvalue weighted by Crippen LogP contribution is 2.19. The number of carbonyl (C=O) groups is 1. The van der Waals surface area contributed by atoms with Crippen LogP contribution in [0.3, 0.4) is 0 Å². The number of benzene rings is 2. The molecule has 0 saturated carbocycles. The normalized spacial score (nSPS) is 10.2. The van der Waals surface area contributed by atoms with Crippen molar-refractivity contribution in [1.82, 2.24) is 0 Å². The summed E-state index contributed by atoms with van der Waals surface area (Å²) in [5.41, 5.74) is 2.36. The lowest BCUT2D eigenvalue weighted by Gasteiger charge is -2.22. The van der Waals surface area contributed by atoms with Gasteiger partial charge in [0.15, 0.2) is 0 Å². The fourth-order valence-electron chi connectivity index (χ4n) is 2.16. The summed E-state index contributed by atoms with van der Waals surface area (Å²) in [6.07, 6.45) is 0. The molecular weight excluding hydrogens is 264 g/mol. The van der Waals surface area contributed by atoms with Crippen LogP contribution >= 0.6 is 0 Å². The summed E-state index contributed by atoms with van der Waals surface area (Å²) in [7, 11) is 0. The number of nitrogens with one attached hydrogen (secondary N) is 1. The number of nitrogens with zero attached hydrogens (tertiary/aromatic N) is 1. The molecule has 0 unspecified atom stereocenters. The van der Waals surface area contributed by atoms with Crippen LogP contribution in [-0.2, 0) is 0 Å². The van der Waals surface area contributed by atoms with Gasteiger partial charge in [-0.25, -0.2) is 0 Å². The SMILES string of the molecule is CCN(CCO)c1cccc(NC(=O)c2ccccc2)c1. The van der Waals surface area contributed by atoms with Gasteiger partial charge < -0.3 is 15.3 Å². The van der Waals surface area contributed by atoms with Crippen LogP contribution in [0.5, 0.6) is 0 Å². The van der Waals surface area contributed by atoms with E-state index in [0.29, 0.717) is 12.1 Å². The Morgan fingerprint density at radius 3 is 2.57 bits per heavy atom. The molecule has 2 aromatic rings. The van der Waals surface area contributed by atoms with E-state index in [0.717, 1.165) is 17.9 Å². The lowest BCUT2D eigenvalue weighted by molar-refractivity contribution is 0.102. The molecule has 0 bridgehead atoms. The Balaban J connectivity index is 2.12. The molecule has 0 spiro atoms. The second kappa shape index (κ2) is 7.45. The molecule has 4 nitrogen and oxygen atoms in total. The molecule has 0 fully saturated rings. The molecule has 21 heavy (non-hydrogen) atoms. The number of rotatable bonds is 6. The van der Waals surface area contributed by atoms with Crippen LogP contribution in [0, 0.1) is 0 Å². The van der Waals surface area contributed by atoms with Crippen LogP contribution in [0.25, 0.3) is 0 Å². The summed E-state index contributed by atoms with van der Waals surface area (Å²) in [6.45, 7) is 3.52. The maximum atomic E-state index is 12.1. The Morgan fingerprint density at radius 1 is 1.14 bits per heavy atom. The van der Waals surface area contributed by atoms with Gasteiger partial charge in [-0.3, -0.25) is 4.79 Å². The third kappa shape index (κ3) is 4.07. The monoisotopic (exact) mass is 284 g/mol. The summed E-state index contributed by atoms with van der Waals surface area (Å²) < 4.78 is 0. The Bertz CT molecular complexity index is 584. The minimum atomic E-state index is -0.127. The number of hydrogen-bond donors (Lipinski definition) is 2. The van der Waals surface area contributed by atoms with Crippen LogP contribution < -0.4 is 10.2 Å². The van der Waals surface area contributed by atoms with E-state index in [2.05, 4.69) is 10.2 Å². The van der Waals surface area contributed by atoms with Gasteiger partial charge in [-0.2, -0.15) is 0 Å². The molecule has 2 aromatic carbocycles. The molecule has 0 aliphatic carbocycles. The Kier molecular flexibility index (Phi) is 5.35.